The van der Waals surface area contributed by atoms with Gasteiger partial charge in [0.15, 0.2) is 0 Å². The third kappa shape index (κ3) is 1.54. The van der Waals surface area contributed by atoms with Crippen LogP contribution in [-0.2, 0) is 0 Å². The zero-order valence-electron chi connectivity index (χ0n) is 7.29. The van der Waals surface area contributed by atoms with E-state index >= 15 is 0 Å². The van der Waals surface area contributed by atoms with Crippen molar-refractivity contribution in [2.75, 3.05) is 0 Å². The summed E-state index contributed by atoms with van der Waals surface area (Å²) in [5, 5.41) is 30.3. The summed E-state index contributed by atoms with van der Waals surface area (Å²) >= 11 is 0. The zero-order valence-corrected chi connectivity index (χ0v) is 7.29. The second-order valence-electron chi connectivity index (χ2n) is 2.42. The average molecular weight is 225 g/mol. The van der Waals surface area contributed by atoms with Gasteiger partial charge in [-0.05, 0) is 4.92 Å². The minimum absolute atomic E-state index is 0.257. The third-order valence-electron chi connectivity index (χ3n) is 1.44. The molecule has 0 atom stereocenters. The molecule has 16 heavy (non-hydrogen) atoms. The summed E-state index contributed by atoms with van der Waals surface area (Å²) in [5.41, 5.74) is 0. The molecule has 0 N–H and O–H groups in total. The molecule has 0 fully saturated rings. The summed E-state index contributed by atoms with van der Waals surface area (Å²) in [4.78, 5) is 25.5. The highest BCUT2D eigenvalue weighted by Gasteiger charge is 2.17. The van der Waals surface area contributed by atoms with E-state index in [2.05, 4.69) is 25.3 Å². The van der Waals surface area contributed by atoms with Crippen LogP contribution in [0.4, 0.5) is 11.9 Å². The maximum atomic E-state index is 10.3. The van der Waals surface area contributed by atoms with E-state index in [4.69, 9.17) is 0 Å². The van der Waals surface area contributed by atoms with Crippen molar-refractivity contribution in [3.8, 4) is 5.95 Å². The Morgan fingerprint density at radius 2 is 2.00 bits per heavy atom. The van der Waals surface area contributed by atoms with Crippen molar-refractivity contribution in [1.82, 2.24) is 29.9 Å². The van der Waals surface area contributed by atoms with Crippen LogP contribution in [0.1, 0.15) is 0 Å². The van der Waals surface area contributed by atoms with Crippen LogP contribution >= 0.6 is 0 Å². The Labute approximate surface area is 85.2 Å². The van der Waals surface area contributed by atoms with Gasteiger partial charge in [-0.15, -0.1) is 14.9 Å². The Morgan fingerprint density at radius 3 is 2.50 bits per heavy atom. The quantitative estimate of drug-likeness (QED) is 0.463. The van der Waals surface area contributed by atoms with E-state index in [1.807, 2.05) is 0 Å². The van der Waals surface area contributed by atoms with E-state index in [1.165, 1.54) is 0 Å². The topological polar surface area (TPSA) is 157 Å². The van der Waals surface area contributed by atoms with Gasteiger partial charge in [0.2, 0.25) is 6.33 Å². The highest BCUT2D eigenvalue weighted by atomic mass is 16.6. The maximum absolute atomic E-state index is 10.3. The van der Waals surface area contributed by atoms with E-state index in [0.717, 1.165) is 11.0 Å². The number of rotatable bonds is 3. The van der Waals surface area contributed by atoms with Crippen LogP contribution in [0.3, 0.4) is 0 Å². The van der Waals surface area contributed by atoms with Crippen LogP contribution in [0.15, 0.2) is 6.33 Å². The number of hydrogen-bond acceptors (Lipinski definition) is 8. The van der Waals surface area contributed by atoms with Gasteiger partial charge in [-0.1, -0.05) is 4.98 Å². The van der Waals surface area contributed by atoms with Gasteiger partial charge >= 0.3 is 5.95 Å². The predicted molar refractivity (Wildman–Crippen MR) is 43.6 cm³/mol. The molecule has 0 saturated carbocycles. The summed E-state index contributed by atoms with van der Waals surface area (Å²) in [6.45, 7) is 0. The summed E-state index contributed by atoms with van der Waals surface area (Å²) in [6.07, 6.45) is 0.957. The minimum Gasteiger partial charge on any atom is -0.458 e. The van der Waals surface area contributed by atoms with E-state index < -0.39 is 21.7 Å². The number of aromatic nitrogens is 6. The molecule has 0 aliphatic carbocycles. The number of hydrogen-bond donors (Lipinski definition) is 0. The van der Waals surface area contributed by atoms with Crippen molar-refractivity contribution in [3.63, 3.8) is 0 Å². The number of nitro groups is 2. The summed E-state index contributed by atoms with van der Waals surface area (Å²) < 4.78 is 0.818. The molecule has 2 aromatic heterocycles. The van der Waals surface area contributed by atoms with Crippen LogP contribution in [0.5, 0.6) is 0 Å². The molecule has 0 aliphatic heterocycles. The second kappa shape index (κ2) is 3.34. The normalized spacial score (nSPS) is 10.2. The molecule has 0 amide bonds. The minimum atomic E-state index is -0.845. The molecule has 12 nitrogen and oxygen atoms in total. The van der Waals surface area contributed by atoms with E-state index in [9.17, 15) is 20.2 Å². The smallest absolute Gasteiger partial charge is 0.458 e. The van der Waals surface area contributed by atoms with Gasteiger partial charge in [0, 0.05) is 5.10 Å². The van der Waals surface area contributed by atoms with Crippen molar-refractivity contribution >= 4 is 11.9 Å². The lowest BCUT2D eigenvalue weighted by Crippen LogP contribution is -2.00. The molecule has 2 rings (SSSR count). The Balaban J connectivity index is 2.35. The molecule has 82 valence electrons. The SMILES string of the molecule is O=[N+]([O-])c1ncn(-c2nnc([N+](=O)[O-])[n-]2)n1. The van der Waals surface area contributed by atoms with Gasteiger partial charge in [0.25, 0.3) is 11.9 Å². The first-order chi connectivity index (χ1) is 7.58. The first-order valence-electron chi connectivity index (χ1n) is 3.66. The Hall–Kier alpha value is -2.92. The lowest BCUT2D eigenvalue weighted by Gasteiger charge is -1.94. The van der Waals surface area contributed by atoms with Crippen molar-refractivity contribution < 1.29 is 9.85 Å². The van der Waals surface area contributed by atoms with E-state index in [-0.39, 0.29) is 5.95 Å². The van der Waals surface area contributed by atoms with Gasteiger partial charge in [-0.3, -0.25) is 0 Å². The van der Waals surface area contributed by atoms with Crippen LogP contribution < -0.4 is 4.98 Å². The standard InChI is InChI=1S/C4HN8O4/c13-11(14)2-5-1-10(9-2)3-6-4(8-7-3)12(15)16/h1H/q-1. The first-order valence-corrected chi connectivity index (χ1v) is 3.66. The van der Waals surface area contributed by atoms with E-state index in [0.29, 0.717) is 0 Å². The Kier molecular flexibility index (Phi) is 2.01. The molecule has 12 heteroatoms. The second-order valence-corrected chi connectivity index (χ2v) is 2.42. The summed E-state index contributed by atoms with van der Waals surface area (Å²) in [7, 11) is 0. The van der Waals surface area contributed by atoms with Gasteiger partial charge in [0.1, 0.15) is 0 Å². The van der Waals surface area contributed by atoms with Crippen LogP contribution in [0.2, 0.25) is 0 Å². The fourth-order valence-electron chi connectivity index (χ4n) is 0.832. The van der Waals surface area contributed by atoms with Crippen molar-refractivity contribution in [1.29, 1.82) is 0 Å². The molecule has 0 aliphatic rings. The predicted octanol–water partition coefficient (Wildman–Crippen LogP) is -1.17. The van der Waals surface area contributed by atoms with E-state index in [1.54, 1.807) is 0 Å². The Morgan fingerprint density at radius 1 is 1.25 bits per heavy atom. The molecule has 0 radical (unpaired) electrons. The molecular formula is C4HN8O4-. The van der Waals surface area contributed by atoms with Crippen molar-refractivity contribution in [3.05, 3.63) is 26.6 Å². The molecule has 2 heterocycles. The lowest BCUT2D eigenvalue weighted by atomic mass is 11.0. The number of nitrogens with zero attached hydrogens (tertiary/aromatic N) is 8. The molecule has 0 saturated heterocycles. The lowest BCUT2D eigenvalue weighted by molar-refractivity contribution is -0.394. The first kappa shape index (κ1) is 9.63. The highest BCUT2D eigenvalue weighted by molar-refractivity contribution is 5.14. The van der Waals surface area contributed by atoms with Gasteiger partial charge < -0.3 is 20.2 Å². The molecule has 2 aromatic rings. The molecule has 0 bridgehead atoms. The van der Waals surface area contributed by atoms with Gasteiger partial charge in [0.05, 0.1) is 0 Å². The molecule has 0 spiro atoms. The fourth-order valence-corrected chi connectivity index (χ4v) is 0.832. The molecule has 0 unspecified atom stereocenters. The molecular weight excluding hydrogens is 224 g/mol. The summed E-state index contributed by atoms with van der Waals surface area (Å²) in [6, 6.07) is 0. The fraction of sp³-hybridized carbons (Fsp3) is 0. The Bertz CT molecular complexity index is 506. The largest absolute Gasteiger partial charge is 0.491 e. The monoisotopic (exact) mass is 225 g/mol. The van der Waals surface area contributed by atoms with Gasteiger partial charge in [-0.2, -0.15) is 9.91 Å². The van der Waals surface area contributed by atoms with Crippen molar-refractivity contribution in [2.24, 2.45) is 0 Å². The average Bonchev–Trinajstić information content (AvgIpc) is 2.86. The van der Waals surface area contributed by atoms with Crippen LogP contribution in [0, 0.1) is 20.2 Å². The zero-order chi connectivity index (χ0) is 11.7. The summed E-state index contributed by atoms with van der Waals surface area (Å²) in [5.74, 6) is -1.63. The van der Waals surface area contributed by atoms with Crippen LogP contribution in [-0.4, -0.2) is 34.8 Å². The highest BCUT2D eigenvalue weighted by Crippen LogP contribution is 2.06. The van der Waals surface area contributed by atoms with Gasteiger partial charge in [-0.25, -0.2) is 0 Å². The maximum Gasteiger partial charge on any atom is 0.491 e. The van der Waals surface area contributed by atoms with Crippen molar-refractivity contribution in [2.45, 2.75) is 0 Å². The molecule has 0 aromatic carbocycles. The third-order valence-corrected chi connectivity index (χ3v) is 1.44. The van der Waals surface area contributed by atoms with Crippen LogP contribution in [0.25, 0.3) is 5.95 Å².